The summed E-state index contributed by atoms with van der Waals surface area (Å²) < 4.78 is 23.8. The summed E-state index contributed by atoms with van der Waals surface area (Å²) in [4.78, 5) is 51.9. The molecule has 0 spiro atoms. The lowest BCUT2D eigenvalue weighted by Crippen LogP contribution is -2.54. The number of ether oxygens (including phenoxy) is 2. The maximum absolute atomic E-state index is 13.5. The minimum absolute atomic E-state index is 0.0352. The number of carbonyl (C=O) groups excluding carboxylic acids is 4. The molecule has 0 aromatic heterocycles. The molecule has 2 aromatic carbocycles. The van der Waals surface area contributed by atoms with Gasteiger partial charge in [0.2, 0.25) is 11.8 Å². The van der Waals surface area contributed by atoms with Gasteiger partial charge in [0, 0.05) is 12.0 Å². The largest absolute Gasteiger partial charge is 0.493 e. The molecule has 0 radical (unpaired) electrons. The fraction of sp³-hybridized carbons (Fsp3) is 0.273. The number of methoxy groups -OCH3 is 2. The van der Waals surface area contributed by atoms with E-state index in [-0.39, 0.29) is 29.1 Å². The molecule has 1 unspecified atom stereocenters. The number of rotatable bonds is 6. The van der Waals surface area contributed by atoms with Crippen molar-refractivity contribution < 1.29 is 33.0 Å². The topological polar surface area (TPSA) is 105 Å². The first-order valence-electron chi connectivity index (χ1n) is 9.88. The van der Waals surface area contributed by atoms with Gasteiger partial charge in [0.25, 0.3) is 11.8 Å². The number of imide groups is 1. The van der Waals surface area contributed by atoms with Crippen LogP contribution in [0, 0.1) is 5.82 Å². The van der Waals surface area contributed by atoms with Gasteiger partial charge in [-0.25, -0.2) is 14.3 Å². The number of amides is 4. The molecule has 1 aliphatic rings. The molecule has 174 valence electrons. The van der Waals surface area contributed by atoms with E-state index >= 15 is 0 Å². The Morgan fingerprint density at radius 2 is 1.85 bits per heavy atom. The summed E-state index contributed by atoms with van der Waals surface area (Å²) in [6.45, 7) is 1.55. The first-order chi connectivity index (χ1) is 15.7. The van der Waals surface area contributed by atoms with Crippen LogP contribution in [-0.2, 0) is 14.4 Å². The highest BCUT2D eigenvalue weighted by atomic mass is 35.5. The van der Waals surface area contributed by atoms with E-state index in [4.69, 9.17) is 21.1 Å². The van der Waals surface area contributed by atoms with Gasteiger partial charge in [-0.05, 0) is 36.4 Å². The number of hydrogen-bond acceptors (Lipinski definition) is 6. The van der Waals surface area contributed by atoms with E-state index in [1.165, 1.54) is 38.5 Å². The highest BCUT2D eigenvalue weighted by Crippen LogP contribution is 2.30. The van der Waals surface area contributed by atoms with E-state index in [9.17, 15) is 23.6 Å². The summed E-state index contributed by atoms with van der Waals surface area (Å²) in [5.74, 6) is -2.65. The van der Waals surface area contributed by atoms with Crippen LogP contribution < -0.4 is 19.8 Å². The maximum Gasteiger partial charge on any atom is 0.270 e. The Kier molecular flexibility index (Phi) is 7.17. The molecule has 0 bridgehead atoms. The Hall–Kier alpha value is -3.66. The Balaban J connectivity index is 1.88. The van der Waals surface area contributed by atoms with Crippen molar-refractivity contribution in [3.8, 4) is 11.5 Å². The fourth-order valence-corrected chi connectivity index (χ4v) is 3.52. The average Bonchev–Trinajstić information content (AvgIpc) is 3.11. The van der Waals surface area contributed by atoms with Crippen molar-refractivity contribution in [2.24, 2.45) is 0 Å². The van der Waals surface area contributed by atoms with Crippen molar-refractivity contribution in [1.29, 1.82) is 0 Å². The van der Waals surface area contributed by atoms with Gasteiger partial charge in [-0.2, -0.15) is 0 Å². The van der Waals surface area contributed by atoms with Crippen molar-refractivity contribution in [3.63, 3.8) is 0 Å². The summed E-state index contributed by atoms with van der Waals surface area (Å²) in [5, 5.41) is 0.588. The number of anilines is 1. The zero-order chi connectivity index (χ0) is 24.3. The van der Waals surface area contributed by atoms with Crippen LogP contribution in [0.25, 0.3) is 0 Å². The van der Waals surface area contributed by atoms with Crippen molar-refractivity contribution in [3.05, 3.63) is 52.8 Å². The fourth-order valence-electron chi connectivity index (χ4n) is 3.35. The lowest BCUT2D eigenvalue weighted by Gasteiger charge is -2.27. The molecule has 0 aliphatic carbocycles. The van der Waals surface area contributed by atoms with Gasteiger partial charge in [0.05, 0.1) is 31.4 Å². The SMILES string of the molecule is CCC(=O)N(NC(=O)c1ccc(OC)c(OC)c1)C1CC(=O)N(c2ccc(F)c(Cl)c2)C1=O. The van der Waals surface area contributed by atoms with Gasteiger partial charge in [-0.3, -0.25) is 24.6 Å². The average molecular weight is 478 g/mol. The molecule has 1 saturated heterocycles. The lowest BCUT2D eigenvalue weighted by atomic mass is 10.2. The lowest BCUT2D eigenvalue weighted by molar-refractivity contribution is -0.140. The zero-order valence-corrected chi connectivity index (χ0v) is 18.8. The molecule has 9 nitrogen and oxygen atoms in total. The molecule has 0 saturated carbocycles. The molecule has 1 aliphatic heterocycles. The zero-order valence-electron chi connectivity index (χ0n) is 18.1. The van der Waals surface area contributed by atoms with E-state index in [1.807, 2.05) is 0 Å². The number of halogens is 2. The van der Waals surface area contributed by atoms with Crippen LogP contribution in [0.1, 0.15) is 30.1 Å². The number of hydrazine groups is 1. The summed E-state index contributed by atoms with van der Waals surface area (Å²) >= 11 is 5.78. The van der Waals surface area contributed by atoms with E-state index in [2.05, 4.69) is 5.43 Å². The molecule has 4 amide bonds. The van der Waals surface area contributed by atoms with Gasteiger partial charge in [0.15, 0.2) is 11.5 Å². The van der Waals surface area contributed by atoms with Crippen molar-refractivity contribution in [1.82, 2.24) is 10.4 Å². The van der Waals surface area contributed by atoms with Crippen LogP contribution in [0.3, 0.4) is 0 Å². The van der Waals surface area contributed by atoms with Crippen molar-refractivity contribution in [2.45, 2.75) is 25.8 Å². The summed E-state index contributed by atoms with van der Waals surface area (Å²) in [7, 11) is 2.85. The van der Waals surface area contributed by atoms with E-state index in [1.54, 1.807) is 6.92 Å². The predicted molar refractivity (Wildman–Crippen MR) is 116 cm³/mol. The summed E-state index contributed by atoms with van der Waals surface area (Å²) in [5.41, 5.74) is 2.62. The first-order valence-corrected chi connectivity index (χ1v) is 10.3. The predicted octanol–water partition coefficient (Wildman–Crippen LogP) is 2.71. The van der Waals surface area contributed by atoms with Crippen LogP contribution >= 0.6 is 11.6 Å². The number of carbonyl (C=O) groups is 4. The number of hydrogen-bond donors (Lipinski definition) is 1. The van der Waals surface area contributed by atoms with E-state index < -0.39 is 35.5 Å². The van der Waals surface area contributed by atoms with Crippen LogP contribution in [0.15, 0.2) is 36.4 Å². The molecule has 1 fully saturated rings. The van der Waals surface area contributed by atoms with Crippen molar-refractivity contribution in [2.75, 3.05) is 19.1 Å². The standard InChI is InChI=1S/C22H21ClFN3O6/c1-4-19(28)27(25-21(30)12-5-8-17(32-2)18(9-12)33-3)16-11-20(29)26(22(16)31)13-6-7-15(24)14(23)10-13/h5-10,16H,4,11H2,1-3H3,(H,25,30). The third-order valence-electron chi connectivity index (χ3n) is 5.03. The van der Waals surface area contributed by atoms with Crippen LogP contribution in [0.4, 0.5) is 10.1 Å². The van der Waals surface area contributed by atoms with E-state index in [0.717, 1.165) is 22.0 Å². The molecule has 3 rings (SSSR count). The van der Waals surface area contributed by atoms with E-state index in [0.29, 0.717) is 11.5 Å². The highest BCUT2D eigenvalue weighted by Gasteiger charge is 2.45. The molecule has 33 heavy (non-hydrogen) atoms. The van der Waals surface area contributed by atoms with Crippen molar-refractivity contribution >= 4 is 40.9 Å². The number of nitrogens with zero attached hydrogens (tertiary/aromatic N) is 2. The van der Waals surface area contributed by atoms with Gasteiger partial charge >= 0.3 is 0 Å². The smallest absolute Gasteiger partial charge is 0.270 e. The van der Waals surface area contributed by atoms with Gasteiger partial charge in [0.1, 0.15) is 11.9 Å². The Morgan fingerprint density at radius 3 is 2.45 bits per heavy atom. The van der Waals surface area contributed by atoms with Gasteiger partial charge in [-0.1, -0.05) is 18.5 Å². The molecular weight excluding hydrogens is 457 g/mol. The molecular formula is C22H21ClFN3O6. The third kappa shape index (κ3) is 4.75. The molecule has 1 N–H and O–H groups in total. The first kappa shape index (κ1) is 24.0. The van der Waals surface area contributed by atoms with Gasteiger partial charge < -0.3 is 9.47 Å². The second-order valence-electron chi connectivity index (χ2n) is 7.01. The van der Waals surface area contributed by atoms with Gasteiger partial charge in [-0.15, -0.1) is 0 Å². The molecule has 1 heterocycles. The minimum Gasteiger partial charge on any atom is -0.493 e. The second kappa shape index (κ2) is 9.86. The van der Waals surface area contributed by atoms with Crippen LogP contribution in [0.5, 0.6) is 11.5 Å². The Bertz CT molecular complexity index is 1130. The normalized spacial score (nSPS) is 15.4. The minimum atomic E-state index is -1.28. The molecule has 11 heteroatoms. The third-order valence-corrected chi connectivity index (χ3v) is 5.32. The number of nitrogens with one attached hydrogen (secondary N) is 1. The molecule has 2 aromatic rings. The molecule has 1 atom stereocenters. The Morgan fingerprint density at radius 1 is 1.15 bits per heavy atom. The maximum atomic E-state index is 13.5. The monoisotopic (exact) mass is 477 g/mol. The quantitative estimate of drug-likeness (QED) is 0.506. The van der Waals surface area contributed by atoms with Crippen LogP contribution in [-0.4, -0.2) is 48.9 Å². The second-order valence-corrected chi connectivity index (χ2v) is 7.42. The van der Waals surface area contributed by atoms with Crippen LogP contribution in [0.2, 0.25) is 5.02 Å². The number of benzene rings is 2. The summed E-state index contributed by atoms with van der Waals surface area (Å²) in [6.07, 6.45) is -0.404. The highest BCUT2D eigenvalue weighted by molar-refractivity contribution is 6.31. The Labute approximate surface area is 194 Å². The summed E-state index contributed by atoms with van der Waals surface area (Å²) in [6, 6.07) is 6.51.